The molecule has 31 heavy (non-hydrogen) atoms. The normalized spacial score (nSPS) is 36.5. The van der Waals surface area contributed by atoms with E-state index in [-0.39, 0.29) is 35.7 Å². The van der Waals surface area contributed by atoms with Crippen molar-refractivity contribution in [3.05, 3.63) is 12.7 Å². The Bertz CT molecular complexity index is 594. The van der Waals surface area contributed by atoms with E-state index in [0.717, 1.165) is 38.5 Å². The highest BCUT2D eigenvalue weighted by atomic mass is 16.5. The lowest BCUT2D eigenvalue weighted by molar-refractivity contribution is -0.133. The Balaban J connectivity index is 1.41. The van der Waals surface area contributed by atoms with E-state index in [1.165, 1.54) is 12.8 Å². The first-order valence-electron chi connectivity index (χ1n) is 12.3. The van der Waals surface area contributed by atoms with E-state index in [1.807, 2.05) is 7.05 Å². The third-order valence-electron chi connectivity index (χ3n) is 7.55. The number of carbonyl (C=O) groups excluding carboxylic acids is 2. The van der Waals surface area contributed by atoms with E-state index < -0.39 is 0 Å². The van der Waals surface area contributed by atoms with Crippen molar-refractivity contribution in [3.8, 4) is 0 Å². The minimum Gasteiger partial charge on any atom is -0.375 e. The molecule has 0 bridgehead atoms. The molecule has 0 radical (unpaired) electrons. The van der Waals surface area contributed by atoms with E-state index in [4.69, 9.17) is 9.47 Å². The van der Waals surface area contributed by atoms with Crippen molar-refractivity contribution in [2.75, 3.05) is 13.7 Å². The van der Waals surface area contributed by atoms with Crippen molar-refractivity contribution < 1.29 is 19.1 Å². The Morgan fingerprint density at radius 1 is 0.871 bits per heavy atom. The predicted molar refractivity (Wildman–Crippen MR) is 122 cm³/mol. The van der Waals surface area contributed by atoms with Gasteiger partial charge in [0.1, 0.15) is 5.78 Å². The maximum Gasteiger partial charge on any atom is 0.223 e. The van der Waals surface area contributed by atoms with Crippen LogP contribution in [-0.2, 0) is 19.1 Å². The van der Waals surface area contributed by atoms with Crippen LogP contribution in [0.1, 0.15) is 77.6 Å². The molecular formula is C25H42N2O4. The lowest BCUT2D eigenvalue weighted by Crippen LogP contribution is -2.45. The van der Waals surface area contributed by atoms with E-state index in [9.17, 15) is 9.59 Å². The smallest absolute Gasteiger partial charge is 0.223 e. The molecular weight excluding hydrogens is 392 g/mol. The highest BCUT2D eigenvalue weighted by Gasteiger charge is 2.36. The zero-order chi connectivity index (χ0) is 22.2. The molecule has 2 N–H and O–H groups in total. The molecule has 0 aliphatic heterocycles. The number of ketones is 1. The Hall–Kier alpha value is -1.24. The van der Waals surface area contributed by atoms with E-state index in [2.05, 4.69) is 17.2 Å². The molecule has 176 valence electrons. The summed E-state index contributed by atoms with van der Waals surface area (Å²) in [6.45, 7) is 5.79. The summed E-state index contributed by atoms with van der Waals surface area (Å²) in [5.41, 5.74) is 0. The summed E-state index contributed by atoms with van der Waals surface area (Å²) in [6, 6.07) is 0.868. The predicted octanol–water partition coefficient (Wildman–Crippen LogP) is 3.54. The zero-order valence-electron chi connectivity index (χ0n) is 19.4. The van der Waals surface area contributed by atoms with Gasteiger partial charge in [0.25, 0.3) is 0 Å². The molecule has 3 aliphatic rings. The minimum atomic E-state index is -0.145. The van der Waals surface area contributed by atoms with Gasteiger partial charge in [-0.25, -0.2) is 0 Å². The molecule has 3 saturated carbocycles. The molecule has 0 aromatic carbocycles. The number of amides is 1. The van der Waals surface area contributed by atoms with Crippen molar-refractivity contribution >= 4 is 11.7 Å². The fourth-order valence-corrected chi connectivity index (χ4v) is 5.58. The van der Waals surface area contributed by atoms with Crippen LogP contribution in [0.5, 0.6) is 0 Å². The largest absolute Gasteiger partial charge is 0.375 e. The second-order valence-corrected chi connectivity index (χ2v) is 9.84. The monoisotopic (exact) mass is 434 g/mol. The van der Waals surface area contributed by atoms with Gasteiger partial charge < -0.3 is 20.1 Å². The van der Waals surface area contributed by atoms with Gasteiger partial charge in [0, 0.05) is 23.9 Å². The van der Waals surface area contributed by atoms with Crippen molar-refractivity contribution in [2.24, 2.45) is 11.8 Å². The summed E-state index contributed by atoms with van der Waals surface area (Å²) in [7, 11) is 2.05. The summed E-state index contributed by atoms with van der Waals surface area (Å²) >= 11 is 0. The van der Waals surface area contributed by atoms with Gasteiger partial charge in [0.15, 0.2) is 0 Å². The van der Waals surface area contributed by atoms with Gasteiger partial charge in [-0.2, -0.15) is 0 Å². The Morgan fingerprint density at radius 3 is 2.00 bits per heavy atom. The molecule has 0 spiro atoms. The first-order valence-corrected chi connectivity index (χ1v) is 12.3. The number of hydrogen-bond acceptors (Lipinski definition) is 5. The van der Waals surface area contributed by atoms with Gasteiger partial charge in [-0.1, -0.05) is 6.08 Å². The summed E-state index contributed by atoms with van der Waals surface area (Å²) < 4.78 is 12.2. The van der Waals surface area contributed by atoms with Crippen LogP contribution < -0.4 is 10.6 Å². The van der Waals surface area contributed by atoms with E-state index >= 15 is 0 Å². The van der Waals surface area contributed by atoms with E-state index in [1.54, 1.807) is 13.0 Å². The van der Waals surface area contributed by atoms with Crippen LogP contribution in [0.25, 0.3) is 0 Å². The second-order valence-electron chi connectivity index (χ2n) is 9.84. The molecule has 0 aromatic heterocycles. The zero-order valence-corrected chi connectivity index (χ0v) is 19.4. The Labute approximate surface area is 187 Å². The molecule has 3 rings (SSSR count). The highest BCUT2D eigenvalue weighted by Crippen LogP contribution is 2.33. The molecule has 0 saturated heterocycles. The number of hydrogen-bond donors (Lipinski definition) is 2. The number of nitrogens with one attached hydrogen (secondary N) is 2. The van der Waals surface area contributed by atoms with Crippen LogP contribution in [0, 0.1) is 11.8 Å². The van der Waals surface area contributed by atoms with Gasteiger partial charge >= 0.3 is 0 Å². The van der Waals surface area contributed by atoms with Crippen molar-refractivity contribution in [1.29, 1.82) is 0 Å². The standard InChI is InChI=1S/C25H42N2O4/c1-4-13-30-24-15-18(17(2)28)14-19(16-24)25(29)27-21-7-11-23(12-8-21)31-22-9-5-20(26-3)6-10-22/h4,18-24,26H,1,5-16H2,2-3H3,(H,27,29). The minimum absolute atomic E-state index is 0.0430. The maximum atomic E-state index is 13.0. The highest BCUT2D eigenvalue weighted by molar-refractivity contribution is 5.82. The van der Waals surface area contributed by atoms with Crippen LogP contribution in [0.2, 0.25) is 0 Å². The van der Waals surface area contributed by atoms with Crippen LogP contribution in [0.3, 0.4) is 0 Å². The lowest BCUT2D eigenvalue weighted by atomic mass is 9.77. The molecule has 3 atom stereocenters. The first-order chi connectivity index (χ1) is 15.0. The van der Waals surface area contributed by atoms with Gasteiger partial charge in [-0.3, -0.25) is 9.59 Å². The molecule has 1 amide bonds. The van der Waals surface area contributed by atoms with Crippen LogP contribution >= 0.6 is 0 Å². The van der Waals surface area contributed by atoms with Crippen LogP contribution in [0.4, 0.5) is 0 Å². The van der Waals surface area contributed by atoms with Crippen molar-refractivity contribution in [3.63, 3.8) is 0 Å². The lowest BCUT2D eigenvalue weighted by Gasteiger charge is -2.36. The fourth-order valence-electron chi connectivity index (χ4n) is 5.58. The van der Waals surface area contributed by atoms with Crippen LogP contribution in [-0.4, -0.2) is 55.7 Å². The van der Waals surface area contributed by atoms with Crippen molar-refractivity contribution in [2.45, 2.75) is 108 Å². The molecule has 3 unspecified atom stereocenters. The molecule has 6 nitrogen and oxygen atoms in total. The number of ether oxygens (including phenoxy) is 2. The third kappa shape index (κ3) is 7.40. The summed E-state index contributed by atoms with van der Waals surface area (Å²) in [5, 5.41) is 6.65. The topological polar surface area (TPSA) is 76.7 Å². The van der Waals surface area contributed by atoms with Gasteiger partial charge in [-0.15, -0.1) is 6.58 Å². The Morgan fingerprint density at radius 2 is 1.45 bits per heavy atom. The fraction of sp³-hybridized carbons (Fsp3) is 0.840. The maximum absolute atomic E-state index is 13.0. The first kappa shape index (κ1) is 24.4. The summed E-state index contributed by atoms with van der Waals surface area (Å²) in [5.74, 6) is 0.0225. The quantitative estimate of drug-likeness (QED) is 0.543. The Kier molecular flexibility index (Phi) is 9.54. The van der Waals surface area contributed by atoms with E-state index in [0.29, 0.717) is 44.1 Å². The van der Waals surface area contributed by atoms with Crippen LogP contribution in [0.15, 0.2) is 12.7 Å². The third-order valence-corrected chi connectivity index (χ3v) is 7.55. The number of Topliss-reactive ketones (excluding diaryl/α,β-unsaturated/α-hetero) is 1. The molecule has 6 heteroatoms. The number of carbonyl (C=O) groups is 2. The molecule has 0 heterocycles. The van der Waals surface area contributed by atoms with Crippen molar-refractivity contribution in [1.82, 2.24) is 10.6 Å². The molecule has 3 aliphatic carbocycles. The summed E-state index contributed by atoms with van der Waals surface area (Å²) in [4.78, 5) is 25.0. The second kappa shape index (κ2) is 12.1. The summed E-state index contributed by atoms with van der Waals surface area (Å²) in [6.07, 6.45) is 13.1. The molecule has 0 aromatic rings. The van der Waals surface area contributed by atoms with Gasteiger partial charge in [0.2, 0.25) is 5.91 Å². The average Bonchev–Trinajstić information content (AvgIpc) is 2.79. The SMILES string of the molecule is C=CCOC1CC(C(C)=O)CC(C(=O)NC2CCC(OC3CCC(NC)CC3)CC2)C1. The van der Waals surface area contributed by atoms with Gasteiger partial charge in [-0.05, 0) is 84.6 Å². The molecule has 3 fully saturated rings. The average molecular weight is 435 g/mol. The number of rotatable bonds is 9. The van der Waals surface area contributed by atoms with Gasteiger partial charge in [0.05, 0.1) is 24.9 Å².